The highest BCUT2D eigenvalue weighted by molar-refractivity contribution is 6.30. The molecule has 0 aromatic heterocycles. The summed E-state index contributed by atoms with van der Waals surface area (Å²) in [6, 6.07) is 7.37. The lowest BCUT2D eigenvalue weighted by Gasteiger charge is -2.28. The average molecular weight is 271 g/mol. The van der Waals surface area contributed by atoms with E-state index in [1.165, 1.54) is 7.11 Å². The zero-order valence-electron chi connectivity index (χ0n) is 10.9. The maximum absolute atomic E-state index is 12.1. The number of likely N-dealkylation sites (N-methyl/N-ethyl adjacent to an activating group) is 1. The van der Waals surface area contributed by atoms with E-state index in [0.29, 0.717) is 5.02 Å². The van der Waals surface area contributed by atoms with Crippen LogP contribution in [-0.4, -0.2) is 37.6 Å². The molecule has 100 valence electrons. The van der Waals surface area contributed by atoms with Crippen molar-refractivity contribution in [2.75, 3.05) is 20.7 Å². The minimum atomic E-state index is -0.593. The van der Waals surface area contributed by atoms with Crippen molar-refractivity contribution in [3.8, 4) is 0 Å². The smallest absolute Gasteiger partial charge is 0.253 e. The summed E-state index contributed by atoms with van der Waals surface area (Å²) in [7, 11) is 3.22. The normalized spacial score (nSPS) is 14.1. The van der Waals surface area contributed by atoms with Crippen LogP contribution in [0.25, 0.3) is 0 Å². The number of ether oxygens (including phenoxy) is 1. The lowest BCUT2D eigenvalue weighted by molar-refractivity contribution is -0.142. The van der Waals surface area contributed by atoms with Crippen LogP contribution < -0.4 is 5.73 Å². The lowest BCUT2D eigenvalue weighted by Crippen LogP contribution is -2.42. The average Bonchev–Trinajstić information content (AvgIpc) is 2.39. The lowest BCUT2D eigenvalue weighted by atomic mass is 10.1. The van der Waals surface area contributed by atoms with Gasteiger partial charge in [0.1, 0.15) is 6.10 Å². The summed E-state index contributed by atoms with van der Waals surface area (Å²) in [6.07, 6.45) is -0.593. The van der Waals surface area contributed by atoms with E-state index in [1.54, 1.807) is 11.9 Å². The van der Waals surface area contributed by atoms with Gasteiger partial charge in [0.05, 0.1) is 6.04 Å². The van der Waals surface area contributed by atoms with Crippen molar-refractivity contribution < 1.29 is 9.53 Å². The SMILES string of the molecule is COC(CN)C(=O)N(C)C(C)c1ccc(Cl)cc1. The summed E-state index contributed by atoms with van der Waals surface area (Å²) in [6.45, 7) is 2.12. The largest absolute Gasteiger partial charge is 0.370 e. The molecule has 0 saturated heterocycles. The van der Waals surface area contributed by atoms with Crippen LogP contribution in [0.3, 0.4) is 0 Å². The molecule has 0 heterocycles. The molecule has 1 aromatic carbocycles. The van der Waals surface area contributed by atoms with Crippen LogP contribution in [0.5, 0.6) is 0 Å². The zero-order valence-corrected chi connectivity index (χ0v) is 11.6. The van der Waals surface area contributed by atoms with Crippen molar-refractivity contribution in [3.05, 3.63) is 34.9 Å². The first-order valence-electron chi connectivity index (χ1n) is 5.76. The molecular formula is C13H19ClN2O2. The molecule has 0 fully saturated rings. The van der Waals surface area contributed by atoms with Crippen LogP contribution in [0.15, 0.2) is 24.3 Å². The Morgan fingerprint density at radius 1 is 1.44 bits per heavy atom. The highest BCUT2D eigenvalue weighted by atomic mass is 35.5. The van der Waals surface area contributed by atoms with Gasteiger partial charge < -0.3 is 15.4 Å². The second-order valence-corrected chi connectivity index (χ2v) is 4.57. The first-order chi connectivity index (χ1) is 8.51. The summed E-state index contributed by atoms with van der Waals surface area (Å²) in [5, 5.41) is 0.677. The van der Waals surface area contributed by atoms with Crippen molar-refractivity contribution in [3.63, 3.8) is 0 Å². The van der Waals surface area contributed by atoms with Crippen LogP contribution in [0.2, 0.25) is 5.02 Å². The number of benzene rings is 1. The molecule has 0 bridgehead atoms. The van der Waals surface area contributed by atoms with Crippen molar-refractivity contribution in [1.29, 1.82) is 0 Å². The highest BCUT2D eigenvalue weighted by Crippen LogP contribution is 2.21. The summed E-state index contributed by atoms with van der Waals surface area (Å²) < 4.78 is 5.05. The first-order valence-corrected chi connectivity index (χ1v) is 6.14. The Balaban J connectivity index is 2.80. The Bertz CT molecular complexity index is 390. The summed E-state index contributed by atoms with van der Waals surface area (Å²) >= 11 is 5.84. The molecular weight excluding hydrogens is 252 g/mol. The van der Waals surface area contributed by atoms with Crippen LogP contribution in [-0.2, 0) is 9.53 Å². The van der Waals surface area contributed by atoms with E-state index in [4.69, 9.17) is 22.1 Å². The number of carbonyl (C=O) groups is 1. The molecule has 0 aliphatic heterocycles. The van der Waals surface area contributed by atoms with E-state index in [1.807, 2.05) is 31.2 Å². The molecule has 0 radical (unpaired) electrons. The molecule has 0 saturated carbocycles. The Morgan fingerprint density at radius 2 is 2.00 bits per heavy atom. The quantitative estimate of drug-likeness (QED) is 0.888. The van der Waals surface area contributed by atoms with E-state index >= 15 is 0 Å². The maximum atomic E-state index is 12.1. The van der Waals surface area contributed by atoms with E-state index in [9.17, 15) is 4.79 Å². The number of carbonyl (C=O) groups excluding carboxylic acids is 1. The number of rotatable bonds is 5. The van der Waals surface area contributed by atoms with Crippen molar-refractivity contribution in [1.82, 2.24) is 4.90 Å². The Morgan fingerprint density at radius 3 is 2.44 bits per heavy atom. The van der Waals surface area contributed by atoms with Gasteiger partial charge in [-0.15, -0.1) is 0 Å². The minimum Gasteiger partial charge on any atom is -0.370 e. The molecule has 0 aliphatic rings. The first kappa shape index (κ1) is 15.0. The van der Waals surface area contributed by atoms with Crippen LogP contribution >= 0.6 is 11.6 Å². The molecule has 1 aromatic rings. The number of hydrogen-bond acceptors (Lipinski definition) is 3. The number of amides is 1. The summed E-state index contributed by atoms with van der Waals surface area (Å²) in [4.78, 5) is 13.7. The monoisotopic (exact) mass is 270 g/mol. The fourth-order valence-electron chi connectivity index (χ4n) is 1.68. The van der Waals surface area contributed by atoms with E-state index in [2.05, 4.69) is 0 Å². The molecule has 18 heavy (non-hydrogen) atoms. The van der Waals surface area contributed by atoms with Gasteiger partial charge in [-0.1, -0.05) is 23.7 Å². The molecule has 5 heteroatoms. The third-order valence-electron chi connectivity index (χ3n) is 3.06. The van der Waals surface area contributed by atoms with Crippen molar-refractivity contribution >= 4 is 17.5 Å². The predicted octanol–water partition coefficient (Wildman–Crippen LogP) is 1.83. The molecule has 2 atom stereocenters. The second kappa shape index (κ2) is 6.73. The fraction of sp³-hybridized carbons (Fsp3) is 0.462. The summed E-state index contributed by atoms with van der Waals surface area (Å²) in [5.41, 5.74) is 6.51. The van der Waals surface area contributed by atoms with Gasteiger partial charge in [-0.2, -0.15) is 0 Å². The van der Waals surface area contributed by atoms with Gasteiger partial charge in [0.25, 0.3) is 5.91 Å². The highest BCUT2D eigenvalue weighted by Gasteiger charge is 2.24. The van der Waals surface area contributed by atoms with Gasteiger partial charge in [-0.25, -0.2) is 0 Å². The Hall–Kier alpha value is -1.10. The standard InChI is InChI=1S/C13H19ClN2O2/c1-9(10-4-6-11(14)7-5-10)16(2)13(17)12(8-15)18-3/h4-7,9,12H,8,15H2,1-3H3. The third kappa shape index (κ3) is 3.45. The van der Waals surface area contributed by atoms with Gasteiger partial charge in [0.2, 0.25) is 0 Å². The van der Waals surface area contributed by atoms with Gasteiger partial charge in [-0.3, -0.25) is 4.79 Å². The van der Waals surface area contributed by atoms with Crippen LogP contribution in [0.1, 0.15) is 18.5 Å². The van der Waals surface area contributed by atoms with E-state index in [0.717, 1.165) is 5.56 Å². The van der Waals surface area contributed by atoms with Crippen LogP contribution in [0.4, 0.5) is 0 Å². The van der Waals surface area contributed by atoms with Gasteiger partial charge in [-0.05, 0) is 24.6 Å². The number of halogens is 1. The van der Waals surface area contributed by atoms with E-state index in [-0.39, 0.29) is 18.5 Å². The van der Waals surface area contributed by atoms with Crippen LogP contribution in [0, 0.1) is 0 Å². The van der Waals surface area contributed by atoms with Gasteiger partial charge >= 0.3 is 0 Å². The molecule has 2 N–H and O–H groups in total. The zero-order chi connectivity index (χ0) is 13.7. The Labute approximate surface area is 113 Å². The fourth-order valence-corrected chi connectivity index (χ4v) is 1.81. The number of hydrogen-bond donors (Lipinski definition) is 1. The Kier molecular flexibility index (Phi) is 5.59. The third-order valence-corrected chi connectivity index (χ3v) is 3.31. The number of nitrogens with zero attached hydrogens (tertiary/aromatic N) is 1. The van der Waals surface area contributed by atoms with Crippen molar-refractivity contribution in [2.45, 2.75) is 19.1 Å². The summed E-state index contributed by atoms with van der Waals surface area (Å²) in [5.74, 6) is -0.123. The van der Waals surface area contributed by atoms with Gasteiger partial charge in [0.15, 0.2) is 0 Å². The topological polar surface area (TPSA) is 55.6 Å². The molecule has 2 unspecified atom stereocenters. The predicted molar refractivity (Wildman–Crippen MR) is 72.5 cm³/mol. The van der Waals surface area contributed by atoms with E-state index < -0.39 is 6.10 Å². The molecule has 0 aliphatic carbocycles. The molecule has 0 spiro atoms. The second-order valence-electron chi connectivity index (χ2n) is 4.14. The maximum Gasteiger partial charge on any atom is 0.253 e. The molecule has 1 rings (SSSR count). The van der Waals surface area contributed by atoms with Crippen molar-refractivity contribution in [2.24, 2.45) is 5.73 Å². The number of nitrogens with two attached hydrogens (primary N) is 1. The van der Waals surface area contributed by atoms with Gasteiger partial charge in [0, 0.05) is 25.7 Å². The minimum absolute atomic E-state index is 0.0565. The molecule has 1 amide bonds. The number of methoxy groups -OCH3 is 1. The molecule has 4 nitrogen and oxygen atoms in total.